The molecule has 0 atom stereocenters. The smallest absolute Gasteiger partial charge is 0.264 e. The Hall–Kier alpha value is -1.45. The second kappa shape index (κ2) is 5.74. The molecule has 1 aromatic heterocycles. The molecule has 2 rings (SSSR count). The van der Waals surface area contributed by atoms with E-state index in [1.165, 1.54) is 23.0 Å². The minimum absolute atomic E-state index is 0.0975. The van der Waals surface area contributed by atoms with E-state index in [0.29, 0.717) is 15.9 Å². The topological polar surface area (TPSA) is 90.0 Å². The molecule has 0 spiro atoms. The predicted octanol–water partition coefficient (Wildman–Crippen LogP) is 1.89. The first-order valence-electron chi connectivity index (χ1n) is 5.95. The predicted molar refractivity (Wildman–Crippen MR) is 80.7 cm³/mol. The van der Waals surface area contributed by atoms with Crippen molar-refractivity contribution in [3.63, 3.8) is 0 Å². The molecule has 0 aliphatic heterocycles. The van der Waals surface area contributed by atoms with Crippen LogP contribution in [0, 0.1) is 12.7 Å². The van der Waals surface area contributed by atoms with E-state index in [1.54, 1.807) is 14.0 Å². The SMILES string of the molecule is Cc1nn(C)cc1NS(=O)(=O)c1cc(Br)cc(CN)c1F. The maximum absolute atomic E-state index is 14.2. The molecule has 0 unspecified atom stereocenters. The van der Waals surface area contributed by atoms with E-state index in [4.69, 9.17) is 5.73 Å². The number of aryl methyl sites for hydroxylation is 2. The number of nitrogens with one attached hydrogen (secondary N) is 1. The van der Waals surface area contributed by atoms with Crippen molar-refractivity contribution < 1.29 is 12.8 Å². The minimum atomic E-state index is -4.07. The Kier molecular flexibility index (Phi) is 4.35. The van der Waals surface area contributed by atoms with Gasteiger partial charge in [-0.3, -0.25) is 9.40 Å². The summed E-state index contributed by atoms with van der Waals surface area (Å²) in [4.78, 5) is -0.458. The fourth-order valence-electron chi connectivity index (χ4n) is 1.86. The maximum atomic E-state index is 14.2. The third-order valence-electron chi connectivity index (χ3n) is 2.85. The standard InChI is InChI=1S/C12H14BrFN4O2S/c1-7-10(6-18(2)16-7)17-21(19,20)11-4-9(13)3-8(5-15)12(11)14/h3-4,6,17H,5,15H2,1-2H3. The van der Waals surface area contributed by atoms with Crippen molar-refractivity contribution in [2.75, 3.05) is 4.72 Å². The molecule has 0 aliphatic rings. The molecule has 0 saturated heterocycles. The first-order chi connectivity index (χ1) is 9.74. The highest BCUT2D eigenvalue weighted by Crippen LogP contribution is 2.26. The molecule has 0 bridgehead atoms. The lowest BCUT2D eigenvalue weighted by molar-refractivity contribution is 0.560. The summed E-state index contributed by atoms with van der Waals surface area (Å²) in [6.45, 7) is 1.56. The van der Waals surface area contributed by atoms with Gasteiger partial charge in [-0.05, 0) is 19.1 Å². The van der Waals surface area contributed by atoms with Gasteiger partial charge in [0, 0.05) is 29.8 Å². The molecule has 0 radical (unpaired) electrons. The van der Waals surface area contributed by atoms with Crippen LogP contribution in [0.3, 0.4) is 0 Å². The van der Waals surface area contributed by atoms with Crippen molar-refractivity contribution in [3.8, 4) is 0 Å². The van der Waals surface area contributed by atoms with Crippen LogP contribution < -0.4 is 10.5 Å². The third kappa shape index (κ3) is 3.25. The Balaban J connectivity index is 2.49. The molecule has 1 heterocycles. The van der Waals surface area contributed by atoms with Crippen LogP contribution >= 0.6 is 15.9 Å². The van der Waals surface area contributed by atoms with Crippen molar-refractivity contribution in [3.05, 3.63) is 39.9 Å². The molecule has 21 heavy (non-hydrogen) atoms. The molecule has 2 aromatic rings. The lowest BCUT2D eigenvalue weighted by Gasteiger charge is -2.11. The summed E-state index contributed by atoms with van der Waals surface area (Å²) >= 11 is 3.15. The van der Waals surface area contributed by atoms with Gasteiger partial charge >= 0.3 is 0 Å². The van der Waals surface area contributed by atoms with Crippen LogP contribution in [-0.2, 0) is 23.6 Å². The Morgan fingerprint density at radius 2 is 2.14 bits per heavy atom. The Labute approximate surface area is 130 Å². The monoisotopic (exact) mass is 376 g/mol. The summed E-state index contributed by atoms with van der Waals surface area (Å²) in [5.41, 5.74) is 6.33. The van der Waals surface area contributed by atoms with Crippen molar-refractivity contribution in [1.29, 1.82) is 0 Å². The van der Waals surface area contributed by atoms with E-state index in [1.807, 2.05) is 0 Å². The van der Waals surface area contributed by atoms with Crippen LogP contribution in [0.15, 0.2) is 27.7 Å². The largest absolute Gasteiger partial charge is 0.326 e. The number of benzene rings is 1. The van der Waals surface area contributed by atoms with E-state index < -0.39 is 20.7 Å². The summed E-state index contributed by atoms with van der Waals surface area (Å²) in [6, 6.07) is 2.65. The highest BCUT2D eigenvalue weighted by molar-refractivity contribution is 9.10. The normalized spacial score (nSPS) is 11.7. The molecular weight excluding hydrogens is 363 g/mol. The highest BCUT2D eigenvalue weighted by atomic mass is 79.9. The van der Waals surface area contributed by atoms with Crippen LogP contribution in [0.1, 0.15) is 11.3 Å². The molecule has 114 valence electrons. The zero-order chi connectivity index (χ0) is 15.8. The molecule has 9 heteroatoms. The van der Waals surface area contributed by atoms with Gasteiger partial charge in [0.15, 0.2) is 0 Å². The first-order valence-corrected chi connectivity index (χ1v) is 8.23. The van der Waals surface area contributed by atoms with Gasteiger partial charge < -0.3 is 5.73 Å². The quantitative estimate of drug-likeness (QED) is 0.852. The zero-order valence-electron chi connectivity index (χ0n) is 11.4. The van der Waals surface area contributed by atoms with Gasteiger partial charge in [-0.2, -0.15) is 5.10 Å². The van der Waals surface area contributed by atoms with E-state index in [0.717, 1.165) is 0 Å². The fraction of sp³-hybridized carbons (Fsp3) is 0.250. The fourth-order valence-corrected chi connectivity index (χ4v) is 3.77. The van der Waals surface area contributed by atoms with Gasteiger partial charge in [0.1, 0.15) is 10.7 Å². The molecule has 3 N–H and O–H groups in total. The molecule has 0 fully saturated rings. The van der Waals surface area contributed by atoms with Crippen LogP contribution in [-0.4, -0.2) is 18.2 Å². The van der Waals surface area contributed by atoms with Crippen LogP contribution in [0.2, 0.25) is 0 Å². The second-order valence-corrected chi connectivity index (χ2v) is 7.06. The molecule has 1 aromatic carbocycles. The summed E-state index contributed by atoms with van der Waals surface area (Å²) in [5.74, 6) is -0.852. The number of aromatic nitrogens is 2. The molecule has 6 nitrogen and oxygen atoms in total. The average Bonchev–Trinajstić information content (AvgIpc) is 2.69. The second-order valence-electron chi connectivity index (χ2n) is 4.49. The number of hydrogen-bond acceptors (Lipinski definition) is 4. The van der Waals surface area contributed by atoms with Gasteiger partial charge in [-0.15, -0.1) is 0 Å². The number of hydrogen-bond donors (Lipinski definition) is 2. The van der Waals surface area contributed by atoms with Gasteiger partial charge in [-0.1, -0.05) is 15.9 Å². The van der Waals surface area contributed by atoms with E-state index in [-0.39, 0.29) is 12.1 Å². The first kappa shape index (κ1) is 15.9. The van der Waals surface area contributed by atoms with E-state index >= 15 is 0 Å². The number of nitrogens with zero attached hydrogens (tertiary/aromatic N) is 2. The van der Waals surface area contributed by atoms with Crippen molar-refractivity contribution in [1.82, 2.24) is 9.78 Å². The average molecular weight is 377 g/mol. The number of sulfonamides is 1. The van der Waals surface area contributed by atoms with E-state index in [9.17, 15) is 12.8 Å². The molecule has 0 saturated carbocycles. The summed E-state index contributed by atoms with van der Waals surface area (Å²) < 4.78 is 43.2. The summed E-state index contributed by atoms with van der Waals surface area (Å²) in [6.07, 6.45) is 1.51. The number of nitrogens with two attached hydrogens (primary N) is 1. The highest BCUT2D eigenvalue weighted by Gasteiger charge is 2.23. The number of rotatable bonds is 4. The van der Waals surface area contributed by atoms with Crippen molar-refractivity contribution in [2.24, 2.45) is 12.8 Å². The minimum Gasteiger partial charge on any atom is -0.326 e. The molecule has 0 aliphatic carbocycles. The van der Waals surface area contributed by atoms with Gasteiger partial charge in [0.2, 0.25) is 0 Å². The lowest BCUT2D eigenvalue weighted by Crippen LogP contribution is -2.16. The zero-order valence-corrected chi connectivity index (χ0v) is 13.8. The maximum Gasteiger partial charge on any atom is 0.264 e. The van der Waals surface area contributed by atoms with Gasteiger partial charge in [0.25, 0.3) is 10.0 Å². The molecular formula is C12H14BrFN4O2S. The van der Waals surface area contributed by atoms with Crippen molar-refractivity contribution >= 4 is 31.6 Å². The van der Waals surface area contributed by atoms with Crippen LogP contribution in [0.25, 0.3) is 0 Å². The van der Waals surface area contributed by atoms with Crippen LogP contribution in [0.5, 0.6) is 0 Å². The Morgan fingerprint density at radius 1 is 1.48 bits per heavy atom. The summed E-state index contributed by atoms with van der Waals surface area (Å²) in [5, 5.41) is 4.03. The Morgan fingerprint density at radius 3 is 2.67 bits per heavy atom. The number of anilines is 1. The van der Waals surface area contributed by atoms with Gasteiger partial charge in [0.05, 0.1) is 11.4 Å². The number of halogens is 2. The third-order valence-corrected chi connectivity index (χ3v) is 4.67. The van der Waals surface area contributed by atoms with E-state index in [2.05, 4.69) is 25.8 Å². The van der Waals surface area contributed by atoms with Gasteiger partial charge in [-0.25, -0.2) is 12.8 Å². The summed E-state index contributed by atoms with van der Waals surface area (Å²) in [7, 11) is -2.41. The lowest BCUT2D eigenvalue weighted by atomic mass is 10.2. The van der Waals surface area contributed by atoms with Crippen LogP contribution in [0.4, 0.5) is 10.1 Å². The van der Waals surface area contributed by atoms with Crippen molar-refractivity contribution in [2.45, 2.75) is 18.4 Å². The molecule has 0 amide bonds. The Bertz CT molecular complexity index is 789.